The molecule has 2 fully saturated rings. The third-order valence-corrected chi connectivity index (χ3v) is 7.16. The number of aliphatic carboxylic acids is 1. The SMILES string of the molecule is CC(NC(=O)c1cn(C2CC2)c2cc(N3CCNCC3)c(F)cc2c1=O)C(=O)NC(CC1C=NC=N1)C(=O)O. The summed E-state index contributed by atoms with van der Waals surface area (Å²) in [5, 5.41) is 17.7. The van der Waals surface area contributed by atoms with Gasteiger partial charge >= 0.3 is 5.97 Å². The van der Waals surface area contributed by atoms with Crippen molar-refractivity contribution < 1.29 is 23.9 Å². The maximum atomic E-state index is 15.2. The number of aliphatic imine (C=N–C) groups is 2. The molecule has 3 unspecified atom stereocenters. The topological polar surface area (TPSA) is 157 Å². The molecule has 0 spiro atoms. The van der Waals surface area contributed by atoms with Gasteiger partial charge in [-0.25, -0.2) is 14.2 Å². The van der Waals surface area contributed by atoms with Crippen LogP contribution in [0.1, 0.15) is 42.6 Å². The Labute approximate surface area is 223 Å². The number of carboxylic acid groups (broad SMARTS) is 1. The highest BCUT2D eigenvalue weighted by atomic mass is 19.1. The van der Waals surface area contributed by atoms with Gasteiger partial charge in [-0.2, -0.15) is 0 Å². The average Bonchev–Trinajstić information content (AvgIpc) is 3.63. The number of aromatic nitrogens is 1. The highest BCUT2D eigenvalue weighted by Gasteiger charge is 2.30. The molecular weight excluding hydrogens is 509 g/mol. The number of carboxylic acids is 1. The molecular formula is C26H30FN7O5. The Balaban J connectivity index is 1.37. The van der Waals surface area contributed by atoms with Gasteiger partial charge in [0.1, 0.15) is 29.8 Å². The van der Waals surface area contributed by atoms with E-state index in [1.165, 1.54) is 31.7 Å². The maximum absolute atomic E-state index is 15.2. The van der Waals surface area contributed by atoms with Gasteiger partial charge < -0.3 is 30.5 Å². The summed E-state index contributed by atoms with van der Waals surface area (Å²) in [4.78, 5) is 60.6. The van der Waals surface area contributed by atoms with E-state index in [0.29, 0.717) is 24.3 Å². The van der Waals surface area contributed by atoms with Gasteiger partial charge in [0.05, 0.1) is 17.2 Å². The summed E-state index contributed by atoms with van der Waals surface area (Å²) >= 11 is 0. The van der Waals surface area contributed by atoms with Crippen molar-refractivity contribution in [2.24, 2.45) is 9.98 Å². The molecule has 1 aromatic heterocycles. The Morgan fingerprint density at radius 1 is 1.21 bits per heavy atom. The minimum absolute atomic E-state index is 0.00000385. The Bertz CT molecular complexity index is 1420. The first-order valence-electron chi connectivity index (χ1n) is 13.0. The van der Waals surface area contributed by atoms with Gasteiger partial charge in [-0.05, 0) is 31.9 Å². The van der Waals surface area contributed by atoms with Crippen LogP contribution >= 0.6 is 0 Å². The summed E-state index contributed by atoms with van der Waals surface area (Å²) in [5.74, 6) is -3.32. The number of amides is 2. The van der Waals surface area contributed by atoms with Gasteiger partial charge in [-0.15, -0.1) is 0 Å². The number of carbonyl (C=O) groups is 3. The summed E-state index contributed by atoms with van der Waals surface area (Å²) in [5.41, 5.74) is 0.124. The predicted molar refractivity (Wildman–Crippen MR) is 143 cm³/mol. The second kappa shape index (κ2) is 10.9. The lowest BCUT2D eigenvalue weighted by Crippen LogP contribution is -2.51. The molecule has 1 aromatic carbocycles. The van der Waals surface area contributed by atoms with Gasteiger partial charge in [-0.3, -0.25) is 19.4 Å². The number of benzene rings is 1. The first-order valence-corrected chi connectivity index (χ1v) is 13.0. The second-order valence-electron chi connectivity index (χ2n) is 10.0. The molecule has 2 aliphatic heterocycles. The van der Waals surface area contributed by atoms with Gasteiger partial charge in [0, 0.05) is 56.4 Å². The van der Waals surface area contributed by atoms with Gasteiger partial charge in [0.15, 0.2) is 0 Å². The predicted octanol–water partition coefficient (Wildman–Crippen LogP) is 0.444. The Kier molecular flexibility index (Phi) is 7.42. The summed E-state index contributed by atoms with van der Waals surface area (Å²) in [7, 11) is 0. The van der Waals surface area contributed by atoms with Crippen LogP contribution in [0.2, 0.25) is 0 Å². The number of piperazine rings is 1. The fourth-order valence-electron chi connectivity index (χ4n) is 4.85. The molecule has 3 atom stereocenters. The molecule has 39 heavy (non-hydrogen) atoms. The normalized spacial score (nSPS) is 20.2. The van der Waals surface area contributed by atoms with Gasteiger partial charge in [0.25, 0.3) is 5.91 Å². The number of nitrogens with one attached hydrogen (secondary N) is 3. The average molecular weight is 540 g/mol. The highest BCUT2D eigenvalue weighted by Crippen LogP contribution is 2.38. The molecule has 1 saturated carbocycles. The molecule has 1 saturated heterocycles. The molecule has 4 N–H and O–H groups in total. The first kappa shape index (κ1) is 26.5. The number of pyridine rings is 1. The van der Waals surface area contributed by atoms with E-state index in [2.05, 4.69) is 25.9 Å². The van der Waals surface area contributed by atoms with E-state index in [1.807, 2.05) is 9.47 Å². The van der Waals surface area contributed by atoms with Gasteiger partial charge in [0.2, 0.25) is 11.3 Å². The Hall–Kier alpha value is -4.13. The van der Waals surface area contributed by atoms with Crippen molar-refractivity contribution in [2.75, 3.05) is 31.1 Å². The van der Waals surface area contributed by atoms with Crippen LogP contribution in [0.15, 0.2) is 33.1 Å². The molecule has 1 aliphatic carbocycles. The Morgan fingerprint density at radius 2 is 1.95 bits per heavy atom. The zero-order chi connectivity index (χ0) is 27.7. The maximum Gasteiger partial charge on any atom is 0.326 e. The molecule has 13 heteroatoms. The fourth-order valence-corrected chi connectivity index (χ4v) is 4.85. The Morgan fingerprint density at radius 3 is 2.59 bits per heavy atom. The van der Waals surface area contributed by atoms with Crippen LogP contribution in [0.5, 0.6) is 0 Å². The van der Waals surface area contributed by atoms with E-state index in [-0.39, 0.29) is 23.4 Å². The van der Waals surface area contributed by atoms with E-state index < -0.39 is 47.2 Å². The number of anilines is 1. The smallest absolute Gasteiger partial charge is 0.326 e. The summed E-state index contributed by atoms with van der Waals surface area (Å²) in [6.07, 6.45) is 5.99. The standard InChI is InChI=1S/C26H30FN7O5/c1-14(24(36)32-20(26(38)39)8-15-11-29-13-30-15)31-25(37)18-12-34(16-2-3-16)21-10-22(33-6-4-28-5-7-33)19(27)9-17(21)23(18)35/h9-16,20,28H,2-8H2,1H3,(H,31,37)(H,32,36)(H,38,39). The number of carbonyl (C=O) groups excluding carboxylic acids is 2. The van der Waals surface area contributed by atoms with E-state index in [0.717, 1.165) is 25.9 Å². The van der Waals surface area contributed by atoms with Crippen LogP contribution in [0.25, 0.3) is 10.9 Å². The van der Waals surface area contributed by atoms with Crippen molar-refractivity contribution in [2.45, 2.75) is 50.4 Å². The van der Waals surface area contributed by atoms with Crippen LogP contribution in [0, 0.1) is 5.82 Å². The lowest BCUT2D eigenvalue weighted by atomic mass is 10.1. The number of rotatable bonds is 9. The molecule has 5 rings (SSSR count). The van der Waals surface area contributed by atoms with Crippen molar-refractivity contribution in [1.82, 2.24) is 20.5 Å². The molecule has 0 bridgehead atoms. The molecule has 3 aliphatic rings. The highest BCUT2D eigenvalue weighted by molar-refractivity contribution is 6.00. The van der Waals surface area contributed by atoms with Crippen LogP contribution in [0.4, 0.5) is 10.1 Å². The van der Waals surface area contributed by atoms with Crippen molar-refractivity contribution in [3.63, 3.8) is 0 Å². The monoisotopic (exact) mass is 539 g/mol. The van der Waals surface area contributed by atoms with E-state index >= 15 is 4.39 Å². The van der Waals surface area contributed by atoms with Crippen molar-refractivity contribution in [1.29, 1.82) is 0 Å². The zero-order valence-electron chi connectivity index (χ0n) is 21.4. The van der Waals surface area contributed by atoms with Gasteiger partial charge in [-0.1, -0.05) is 0 Å². The molecule has 206 valence electrons. The summed E-state index contributed by atoms with van der Waals surface area (Å²) < 4.78 is 17.0. The van der Waals surface area contributed by atoms with Crippen molar-refractivity contribution >= 4 is 46.9 Å². The molecule has 12 nitrogen and oxygen atoms in total. The molecule has 3 heterocycles. The van der Waals surface area contributed by atoms with Crippen LogP contribution in [-0.2, 0) is 9.59 Å². The zero-order valence-corrected chi connectivity index (χ0v) is 21.4. The molecule has 0 radical (unpaired) electrons. The lowest BCUT2D eigenvalue weighted by molar-refractivity contribution is -0.142. The van der Waals surface area contributed by atoms with Crippen LogP contribution in [-0.4, -0.2) is 84.3 Å². The number of hydrogen-bond donors (Lipinski definition) is 4. The summed E-state index contributed by atoms with van der Waals surface area (Å²) in [6, 6.07) is 0.0915. The minimum Gasteiger partial charge on any atom is -0.480 e. The summed E-state index contributed by atoms with van der Waals surface area (Å²) in [6.45, 7) is 4.13. The minimum atomic E-state index is -1.25. The van der Waals surface area contributed by atoms with E-state index in [1.54, 1.807) is 6.07 Å². The van der Waals surface area contributed by atoms with E-state index in [4.69, 9.17) is 0 Å². The third-order valence-electron chi connectivity index (χ3n) is 7.16. The largest absolute Gasteiger partial charge is 0.480 e. The van der Waals surface area contributed by atoms with Crippen LogP contribution < -0.4 is 26.3 Å². The second-order valence-corrected chi connectivity index (χ2v) is 10.0. The van der Waals surface area contributed by atoms with Crippen molar-refractivity contribution in [3.8, 4) is 0 Å². The fraction of sp³-hybridized carbons (Fsp3) is 0.462. The quantitative estimate of drug-likeness (QED) is 0.360. The number of hydrogen-bond acceptors (Lipinski definition) is 8. The lowest BCUT2D eigenvalue weighted by Gasteiger charge is -2.30. The van der Waals surface area contributed by atoms with E-state index in [9.17, 15) is 24.3 Å². The number of fused-ring (bicyclic) bond motifs is 1. The van der Waals surface area contributed by atoms with Crippen molar-refractivity contribution in [3.05, 3.63) is 39.9 Å². The molecule has 2 aromatic rings. The number of halogens is 1. The number of nitrogens with zero attached hydrogens (tertiary/aromatic N) is 4. The van der Waals surface area contributed by atoms with Crippen LogP contribution in [0.3, 0.4) is 0 Å². The third kappa shape index (κ3) is 5.67. The molecule has 2 amide bonds. The first-order chi connectivity index (χ1) is 18.7.